The van der Waals surface area contributed by atoms with Crippen molar-refractivity contribution >= 4 is 0 Å². The Morgan fingerprint density at radius 3 is 2.59 bits per heavy atom. The molecule has 1 aromatic heterocycles. The molecule has 94 valence electrons. The first-order valence-electron chi connectivity index (χ1n) is 6.21. The fraction of sp³-hybridized carbons (Fsp3) is 0.667. The van der Waals surface area contributed by atoms with Crippen LogP contribution >= 0.6 is 0 Å². The Hall–Kier alpha value is -1.04. The van der Waals surface area contributed by atoms with E-state index in [1.165, 1.54) is 0 Å². The third-order valence-corrected chi connectivity index (χ3v) is 2.82. The van der Waals surface area contributed by atoms with Crippen molar-refractivity contribution in [3.63, 3.8) is 0 Å². The summed E-state index contributed by atoms with van der Waals surface area (Å²) in [4.78, 5) is 2.39. The van der Waals surface area contributed by atoms with Gasteiger partial charge in [0.1, 0.15) is 0 Å². The van der Waals surface area contributed by atoms with Crippen LogP contribution in [0.5, 0.6) is 0 Å². The van der Waals surface area contributed by atoms with E-state index in [4.69, 9.17) is 4.74 Å². The number of hydrogen-bond acceptors (Lipinski definition) is 5. The van der Waals surface area contributed by atoms with E-state index >= 15 is 0 Å². The zero-order chi connectivity index (χ0) is 11.9. The van der Waals surface area contributed by atoms with Crippen molar-refractivity contribution in [3.05, 3.63) is 23.5 Å². The van der Waals surface area contributed by atoms with Gasteiger partial charge in [-0.15, -0.1) is 0 Å². The van der Waals surface area contributed by atoms with Gasteiger partial charge in [0.05, 0.1) is 18.0 Å². The van der Waals surface area contributed by atoms with Gasteiger partial charge in [-0.1, -0.05) is 0 Å². The van der Waals surface area contributed by atoms with E-state index in [0.717, 1.165) is 44.1 Å². The third-order valence-electron chi connectivity index (χ3n) is 2.82. The fourth-order valence-electron chi connectivity index (χ4n) is 1.85. The molecule has 0 atom stereocenters. The summed E-state index contributed by atoms with van der Waals surface area (Å²) in [6, 6.07) is 4.05. The van der Waals surface area contributed by atoms with E-state index in [9.17, 15) is 0 Å². The molecule has 0 saturated carbocycles. The molecule has 0 aromatic carbocycles. The molecular formula is C12H20N4O. The normalized spacial score (nSPS) is 17.2. The number of hydrogen-bond donors (Lipinski definition) is 1. The van der Waals surface area contributed by atoms with Crippen molar-refractivity contribution in [2.45, 2.75) is 20.1 Å². The highest BCUT2D eigenvalue weighted by molar-refractivity contribution is 5.06. The zero-order valence-corrected chi connectivity index (χ0v) is 10.4. The van der Waals surface area contributed by atoms with Gasteiger partial charge in [0.15, 0.2) is 0 Å². The van der Waals surface area contributed by atoms with E-state index in [-0.39, 0.29) is 0 Å². The molecule has 1 aliphatic heterocycles. The zero-order valence-electron chi connectivity index (χ0n) is 10.4. The molecule has 1 N–H and O–H groups in total. The van der Waals surface area contributed by atoms with E-state index in [2.05, 4.69) is 20.4 Å². The molecular weight excluding hydrogens is 216 g/mol. The van der Waals surface area contributed by atoms with Crippen molar-refractivity contribution in [1.82, 2.24) is 20.4 Å². The van der Waals surface area contributed by atoms with Gasteiger partial charge in [-0.3, -0.25) is 4.90 Å². The number of ether oxygens (including phenoxy) is 1. The highest BCUT2D eigenvalue weighted by Gasteiger charge is 2.10. The van der Waals surface area contributed by atoms with Gasteiger partial charge in [0, 0.05) is 39.3 Å². The quantitative estimate of drug-likeness (QED) is 0.803. The van der Waals surface area contributed by atoms with Crippen LogP contribution in [0.15, 0.2) is 12.1 Å². The maximum absolute atomic E-state index is 5.29. The molecule has 0 radical (unpaired) electrons. The van der Waals surface area contributed by atoms with Crippen molar-refractivity contribution in [2.75, 3.05) is 32.8 Å². The molecule has 5 heteroatoms. The van der Waals surface area contributed by atoms with Crippen LogP contribution in [0.2, 0.25) is 0 Å². The Kier molecular flexibility index (Phi) is 4.85. The topological polar surface area (TPSA) is 50.3 Å². The van der Waals surface area contributed by atoms with Crippen molar-refractivity contribution in [2.24, 2.45) is 0 Å². The molecule has 1 aliphatic rings. The monoisotopic (exact) mass is 236 g/mol. The maximum atomic E-state index is 5.29. The largest absolute Gasteiger partial charge is 0.375 e. The van der Waals surface area contributed by atoms with Gasteiger partial charge in [-0.05, 0) is 19.1 Å². The minimum Gasteiger partial charge on any atom is -0.375 e. The first-order valence-corrected chi connectivity index (χ1v) is 6.21. The predicted molar refractivity (Wildman–Crippen MR) is 65.5 cm³/mol. The van der Waals surface area contributed by atoms with Gasteiger partial charge in [-0.2, -0.15) is 10.2 Å². The van der Waals surface area contributed by atoms with E-state index < -0.39 is 0 Å². The van der Waals surface area contributed by atoms with Crippen molar-refractivity contribution < 1.29 is 4.74 Å². The smallest absolute Gasteiger partial charge is 0.0906 e. The Bertz CT molecular complexity index is 322. The van der Waals surface area contributed by atoms with Gasteiger partial charge >= 0.3 is 0 Å². The molecule has 0 amide bonds. The van der Waals surface area contributed by atoms with Crippen LogP contribution in [0.25, 0.3) is 0 Å². The second-order valence-electron chi connectivity index (χ2n) is 4.18. The molecule has 2 rings (SSSR count). The standard InChI is InChI=1S/C12H20N4O/c1-2-17-10-12-4-3-11(14-15-12)9-16-7-5-13-6-8-16/h3-4,13H,2,5-10H2,1H3. The van der Waals surface area contributed by atoms with Crippen molar-refractivity contribution in [1.29, 1.82) is 0 Å². The fourth-order valence-corrected chi connectivity index (χ4v) is 1.85. The van der Waals surface area contributed by atoms with Crippen LogP contribution in [-0.2, 0) is 17.9 Å². The van der Waals surface area contributed by atoms with Crippen molar-refractivity contribution in [3.8, 4) is 0 Å². The molecule has 0 unspecified atom stereocenters. The van der Waals surface area contributed by atoms with Crippen LogP contribution in [0, 0.1) is 0 Å². The summed E-state index contributed by atoms with van der Waals surface area (Å²) in [5.74, 6) is 0. The summed E-state index contributed by atoms with van der Waals surface area (Å²) >= 11 is 0. The summed E-state index contributed by atoms with van der Waals surface area (Å²) in [5, 5.41) is 11.7. The SMILES string of the molecule is CCOCc1ccc(CN2CCNCC2)nn1. The second-order valence-corrected chi connectivity index (χ2v) is 4.18. The predicted octanol–water partition coefficient (Wildman–Crippen LogP) is 0.418. The molecule has 1 aromatic rings. The molecule has 0 aliphatic carbocycles. The average Bonchev–Trinajstić information content (AvgIpc) is 2.39. The highest BCUT2D eigenvalue weighted by Crippen LogP contribution is 2.03. The summed E-state index contributed by atoms with van der Waals surface area (Å²) in [5.41, 5.74) is 1.93. The lowest BCUT2D eigenvalue weighted by atomic mass is 10.3. The first-order chi connectivity index (χ1) is 8.38. The summed E-state index contributed by atoms with van der Waals surface area (Å²) in [6.07, 6.45) is 0. The molecule has 5 nitrogen and oxygen atoms in total. The Balaban J connectivity index is 1.84. The van der Waals surface area contributed by atoms with Gasteiger partial charge in [-0.25, -0.2) is 0 Å². The lowest BCUT2D eigenvalue weighted by Gasteiger charge is -2.26. The maximum Gasteiger partial charge on any atom is 0.0906 e. The van der Waals surface area contributed by atoms with Gasteiger partial charge in [0.25, 0.3) is 0 Å². The summed E-state index contributed by atoms with van der Waals surface area (Å²) < 4.78 is 5.29. The Morgan fingerprint density at radius 2 is 1.94 bits per heavy atom. The molecule has 1 fully saturated rings. The Morgan fingerprint density at radius 1 is 1.24 bits per heavy atom. The summed E-state index contributed by atoms with van der Waals surface area (Å²) in [7, 11) is 0. The highest BCUT2D eigenvalue weighted by atomic mass is 16.5. The first kappa shape index (κ1) is 12.4. The van der Waals surface area contributed by atoms with E-state index in [1.54, 1.807) is 0 Å². The van der Waals surface area contributed by atoms with Crippen LogP contribution in [-0.4, -0.2) is 47.9 Å². The number of rotatable bonds is 5. The Labute approximate surface area is 102 Å². The third kappa shape index (κ3) is 4.03. The second kappa shape index (κ2) is 6.64. The average molecular weight is 236 g/mol. The van der Waals surface area contributed by atoms with E-state index in [1.807, 2.05) is 19.1 Å². The minimum absolute atomic E-state index is 0.553. The van der Waals surface area contributed by atoms with Crippen LogP contribution in [0.1, 0.15) is 18.3 Å². The summed E-state index contributed by atoms with van der Waals surface area (Å²) in [6.45, 7) is 8.44. The molecule has 0 bridgehead atoms. The van der Waals surface area contributed by atoms with E-state index in [0.29, 0.717) is 13.2 Å². The number of piperazine rings is 1. The minimum atomic E-state index is 0.553. The lowest BCUT2D eigenvalue weighted by Crippen LogP contribution is -2.43. The van der Waals surface area contributed by atoms with Gasteiger partial charge in [0.2, 0.25) is 0 Å². The molecule has 2 heterocycles. The number of nitrogens with zero attached hydrogens (tertiary/aromatic N) is 3. The van der Waals surface area contributed by atoms with Crippen LogP contribution in [0.4, 0.5) is 0 Å². The molecule has 0 spiro atoms. The number of nitrogens with one attached hydrogen (secondary N) is 1. The molecule has 1 saturated heterocycles. The van der Waals surface area contributed by atoms with Crippen LogP contribution in [0.3, 0.4) is 0 Å². The van der Waals surface area contributed by atoms with Gasteiger partial charge < -0.3 is 10.1 Å². The molecule has 17 heavy (non-hydrogen) atoms. The lowest BCUT2D eigenvalue weighted by molar-refractivity contribution is 0.130. The number of aromatic nitrogens is 2. The van der Waals surface area contributed by atoms with Crippen LogP contribution < -0.4 is 5.32 Å².